The standard InChI is InChI=1S/C16H16F2N2O3/c1-3-14-9(2)6-11(15(21)19-23)16(22)20(14)8-10-4-5-12(17)13(18)7-10/h4-7,23H,3,8H2,1-2H3,(H,19,21). The molecule has 5 nitrogen and oxygen atoms in total. The zero-order chi connectivity index (χ0) is 17.1. The molecule has 0 radical (unpaired) electrons. The third kappa shape index (κ3) is 3.29. The number of hydrogen-bond acceptors (Lipinski definition) is 3. The number of aromatic nitrogens is 1. The molecule has 122 valence electrons. The Labute approximate surface area is 131 Å². The van der Waals surface area contributed by atoms with Gasteiger partial charge in [0.15, 0.2) is 11.6 Å². The van der Waals surface area contributed by atoms with Crippen LogP contribution >= 0.6 is 0 Å². The van der Waals surface area contributed by atoms with Crippen molar-refractivity contribution in [1.82, 2.24) is 10.0 Å². The van der Waals surface area contributed by atoms with Crippen LogP contribution in [0.2, 0.25) is 0 Å². The lowest BCUT2D eigenvalue weighted by Crippen LogP contribution is -2.34. The van der Waals surface area contributed by atoms with Gasteiger partial charge in [0.25, 0.3) is 11.5 Å². The SMILES string of the molecule is CCc1c(C)cc(C(=O)NO)c(=O)n1Cc1ccc(F)c(F)c1. The van der Waals surface area contributed by atoms with Crippen LogP contribution < -0.4 is 11.0 Å². The minimum Gasteiger partial charge on any atom is -0.307 e. The van der Waals surface area contributed by atoms with Crippen molar-refractivity contribution in [3.05, 3.63) is 68.6 Å². The summed E-state index contributed by atoms with van der Waals surface area (Å²) in [6, 6.07) is 4.76. The summed E-state index contributed by atoms with van der Waals surface area (Å²) in [6.07, 6.45) is 0.520. The molecular weight excluding hydrogens is 306 g/mol. The summed E-state index contributed by atoms with van der Waals surface area (Å²) in [5.74, 6) is -2.89. The predicted octanol–water partition coefficient (Wildman–Crippen LogP) is 2.16. The molecule has 2 rings (SSSR count). The van der Waals surface area contributed by atoms with E-state index in [1.807, 2.05) is 6.92 Å². The molecule has 0 unspecified atom stereocenters. The van der Waals surface area contributed by atoms with Gasteiger partial charge >= 0.3 is 0 Å². The third-order valence-electron chi connectivity index (χ3n) is 3.62. The van der Waals surface area contributed by atoms with Gasteiger partial charge in [-0.15, -0.1) is 0 Å². The molecule has 0 fully saturated rings. The van der Waals surface area contributed by atoms with Crippen molar-refractivity contribution in [1.29, 1.82) is 0 Å². The molecule has 1 amide bonds. The average molecular weight is 322 g/mol. The fraction of sp³-hybridized carbons (Fsp3) is 0.250. The Balaban J connectivity index is 2.59. The van der Waals surface area contributed by atoms with Crippen LogP contribution in [0.15, 0.2) is 29.1 Å². The van der Waals surface area contributed by atoms with E-state index in [0.717, 1.165) is 12.1 Å². The second-order valence-corrected chi connectivity index (χ2v) is 5.12. The average Bonchev–Trinajstić information content (AvgIpc) is 2.53. The van der Waals surface area contributed by atoms with Gasteiger partial charge < -0.3 is 4.57 Å². The fourth-order valence-corrected chi connectivity index (χ4v) is 2.52. The summed E-state index contributed by atoms with van der Waals surface area (Å²) < 4.78 is 27.7. The topological polar surface area (TPSA) is 71.3 Å². The molecule has 2 N–H and O–H groups in total. The van der Waals surface area contributed by atoms with Crippen molar-refractivity contribution < 1.29 is 18.8 Å². The maximum absolute atomic E-state index is 13.3. The van der Waals surface area contributed by atoms with Gasteiger partial charge in [-0.25, -0.2) is 14.3 Å². The lowest BCUT2D eigenvalue weighted by atomic mass is 10.1. The van der Waals surface area contributed by atoms with E-state index < -0.39 is 23.1 Å². The molecule has 0 saturated heterocycles. The number of carbonyl (C=O) groups excluding carboxylic acids is 1. The van der Waals surface area contributed by atoms with E-state index in [1.165, 1.54) is 22.2 Å². The van der Waals surface area contributed by atoms with Gasteiger partial charge in [-0.3, -0.25) is 14.8 Å². The number of rotatable bonds is 4. The number of nitrogens with zero attached hydrogens (tertiary/aromatic N) is 1. The Morgan fingerprint density at radius 1 is 1.26 bits per heavy atom. The number of pyridine rings is 1. The van der Waals surface area contributed by atoms with E-state index in [1.54, 1.807) is 6.92 Å². The smallest absolute Gasteiger partial charge is 0.280 e. The van der Waals surface area contributed by atoms with Gasteiger partial charge in [-0.2, -0.15) is 0 Å². The van der Waals surface area contributed by atoms with Crippen LogP contribution in [-0.2, 0) is 13.0 Å². The molecule has 0 atom stereocenters. The Bertz CT molecular complexity index is 816. The first-order valence-electron chi connectivity index (χ1n) is 7.00. The van der Waals surface area contributed by atoms with Crippen molar-refractivity contribution in [2.45, 2.75) is 26.8 Å². The summed E-state index contributed by atoms with van der Waals surface area (Å²) >= 11 is 0. The van der Waals surface area contributed by atoms with E-state index in [2.05, 4.69) is 0 Å². The quantitative estimate of drug-likeness (QED) is 0.669. The third-order valence-corrected chi connectivity index (χ3v) is 3.62. The first kappa shape index (κ1) is 16.8. The predicted molar refractivity (Wildman–Crippen MR) is 79.5 cm³/mol. The van der Waals surface area contributed by atoms with Crippen LogP contribution in [0.4, 0.5) is 8.78 Å². The van der Waals surface area contributed by atoms with E-state index in [-0.39, 0.29) is 12.1 Å². The zero-order valence-electron chi connectivity index (χ0n) is 12.7. The van der Waals surface area contributed by atoms with E-state index in [9.17, 15) is 18.4 Å². The Kier molecular flexibility index (Phi) is 4.90. The van der Waals surface area contributed by atoms with Gasteiger partial charge in [0, 0.05) is 5.69 Å². The molecule has 0 aliphatic rings. The van der Waals surface area contributed by atoms with Crippen LogP contribution in [0.5, 0.6) is 0 Å². The molecule has 0 spiro atoms. The van der Waals surface area contributed by atoms with Crippen LogP contribution in [0.25, 0.3) is 0 Å². The van der Waals surface area contributed by atoms with Gasteiger partial charge in [0.05, 0.1) is 6.54 Å². The zero-order valence-corrected chi connectivity index (χ0v) is 12.7. The van der Waals surface area contributed by atoms with E-state index in [0.29, 0.717) is 23.2 Å². The first-order valence-corrected chi connectivity index (χ1v) is 7.00. The van der Waals surface area contributed by atoms with Crippen LogP contribution in [0.1, 0.15) is 34.1 Å². The van der Waals surface area contributed by atoms with Gasteiger partial charge in [-0.1, -0.05) is 13.0 Å². The molecule has 1 aromatic carbocycles. The Morgan fingerprint density at radius 2 is 1.96 bits per heavy atom. The molecule has 0 saturated carbocycles. The van der Waals surface area contributed by atoms with E-state index >= 15 is 0 Å². The van der Waals surface area contributed by atoms with Gasteiger partial charge in [0.2, 0.25) is 0 Å². The molecule has 1 heterocycles. The highest BCUT2D eigenvalue weighted by Gasteiger charge is 2.17. The summed E-state index contributed by atoms with van der Waals surface area (Å²) in [7, 11) is 0. The van der Waals surface area contributed by atoms with Gasteiger partial charge in [0.1, 0.15) is 5.56 Å². The fourth-order valence-electron chi connectivity index (χ4n) is 2.52. The molecule has 0 aliphatic carbocycles. The highest BCUT2D eigenvalue weighted by atomic mass is 19.2. The second kappa shape index (κ2) is 6.70. The molecular formula is C16H16F2N2O3. The normalized spacial score (nSPS) is 10.7. The van der Waals surface area contributed by atoms with E-state index in [4.69, 9.17) is 5.21 Å². The number of halogens is 2. The molecule has 0 bridgehead atoms. The molecule has 2 aromatic rings. The van der Waals surface area contributed by atoms with Crippen LogP contribution in [0, 0.1) is 18.6 Å². The summed E-state index contributed by atoms with van der Waals surface area (Å²) in [5, 5.41) is 8.74. The molecule has 1 aromatic heterocycles. The number of aryl methyl sites for hydroxylation is 1. The molecule has 23 heavy (non-hydrogen) atoms. The lowest BCUT2D eigenvalue weighted by Gasteiger charge is -2.16. The van der Waals surface area contributed by atoms with Crippen molar-refractivity contribution in [2.75, 3.05) is 0 Å². The number of nitrogens with one attached hydrogen (secondary N) is 1. The number of hydrogen-bond donors (Lipinski definition) is 2. The Morgan fingerprint density at radius 3 is 2.52 bits per heavy atom. The molecule has 0 aliphatic heterocycles. The second-order valence-electron chi connectivity index (χ2n) is 5.12. The van der Waals surface area contributed by atoms with Gasteiger partial charge in [-0.05, 0) is 42.7 Å². The number of amides is 1. The summed E-state index contributed by atoms with van der Waals surface area (Å²) in [5.41, 5.74) is 2.36. The maximum Gasteiger partial charge on any atom is 0.280 e. The highest BCUT2D eigenvalue weighted by Crippen LogP contribution is 2.14. The van der Waals surface area contributed by atoms with Crippen molar-refractivity contribution in [3.63, 3.8) is 0 Å². The van der Waals surface area contributed by atoms with Crippen molar-refractivity contribution in [2.24, 2.45) is 0 Å². The number of hydroxylamine groups is 1. The Hall–Kier alpha value is -2.54. The highest BCUT2D eigenvalue weighted by molar-refractivity contribution is 5.93. The monoisotopic (exact) mass is 322 g/mol. The van der Waals surface area contributed by atoms with Crippen LogP contribution in [-0.4, -0.2) is 15.7 Å². The first-order chi connectivity index (χ1) is 10.9. The summed E-state index contributed by atoms with van der Waals surface area (Å²) in [6.45, 7) is 3.57. The van der Waals surface area contributed by atoms with Crippen molar-refractivity contribution in [3.8, 4) is 0 Å². The van der Waals surface area contributed by atoms with Crippen LogP contribution in [0.3, 0.4) is 0 Å². The maximum atomic E-state index is 13.3. The lowest BCUT2D eigenvalue weighted by molar-refractivity contribution is 0.0704. The van der Waals surface area contributed by atoms with Crippen molar-refractivity contribution >= 4 is 5.91 Å². The number of benzene rings is 1. The minimum atomic E-state index is -1.01. The molecule has 7 heteroatoms. The minimum absolute atomic E-state index is 0.00735. The number of carbonyl (C=O) groups is 1. The summed E-state index contributed by atoms with van der Waals surface area (Å²) in [4.78, 5) is 24.1. The largest absolute Gasteiger partial charge is 0.307 e.